The Morgan fingerprint density at radius 2 is 2.00 bits per heavy atom. The van der Waals surface area contributed by atoms with E-state index < -0.39 is 0 Å². The number of piperazine rings is 1. The summed E-state index contributed by atoms with van der Waals surface area (Å²) in [4.78, 5) is 5.80. The first-order valence-electron chi connectivity index (χ1n) is 6.84. The van der Waals surface area contributed by atoms with Crippen molar-refractivity contribution < 1.29 is 4.74 Å². The molecular formula is C14H23N3O. The lowest BCUT2D eigenvalue weighted by Crippen LogP contribution is -2.69. The summed E-state index contributed by atoms with van der Waals surface area (Å²) in [5.41, 5.74) is 1.66. The van der Waals surface area contributed by atoms with Gasteiger partial charge in [0.05, 0.1) is 18.6 Å². The molecule has 2 aliphatic heterocycles. The Morgan fingerprint density at radius 3 is 2.50 bits per heavy atom. The molecule has 3 rings (SSSR count). The van der Waals surface area contributed by atoms with E-state index in [0.29, 0.717) is 0 Å². The van der Waals surface area contributed by atoms with Crippen LogP contribution in [0.5, 0.6) is 0 Å². The SMILES string of the molecule is CC(C)(N1CCNCC1)C1(c2cc[nH]c2)COC1. The maximum Gasteiger partial charge on any atom is 0.0613 e. The maximum atomic E-state index is 5.58. The van der Waals surface area contributed by atoms with Crippen molar-refractivity contribution in [3.63, 3.8) is 0 Å². The molecule has 4 heteroatoms. The highest BCUT2D eigenvalue weighted by Crippen LogP contribution is 2.45. The van der Waals surface area contributed by atoms with Crippen LogP contribution >= 0.6 is 0 Å². The first-order valence-corrected chi connectivity index (χ1v) is 6.84. The van der Waals surface area contributed by atoms with Gasteiger partial charge in [0.25, 0.3) is 0 Å². The van der Waals surface area contributed by atoms with E-state index in [1.165, 1.54) is 5.56 Å². The minimum Gasteiger partial charge on any atom is -0.379 e. The van der Waals surface area contributed by atoms with Crippen molar-refractivity contribution >= 4 is 0 Å². The highest BCUT2D eigenvalue weighted by atomic mass is 16.5. The van der Waals surface area contributed by atoms with Crippen LogP contribution in [0.15, 0.2) is 18.5 Å². The van der Waals surface area contributed by atoms with Crippen LogP contribution in [0.3, 0.4) is 0 Å². The number of rotatable bonds is 3. The van der Waals surface area contributed by atoms with E-state index in [2.05, 4.69) is 41.3 Å². The van der Waals surface area contributed by atoms with Gasteiger partial charge in [-0.1, -0.05) is 0 Å². The lowest BCUT2D eigenvalue weighted by atomic mass is 9.65. The van der Waals surface area contributed by atoms with Gasteiger partial charge in [-0.3, -0.25) is 4.90 Å². The minimum absolute atomic E-state index is 0.134. The summed E-state index contributed by atoms with van der Waals surface area (Å²) in [5.74, 6) is 0. The molecule has 0 aromatic carbocycles. The molecule has 100 valence electrons. The number of aromatic nitrogens is 1. The Hall–Kier alpha value is -0.840. The monoisotopic (exact) mass is 249 g/mol. The lowest BCUT2D eigenvalue weighted by Gasteiger charge is -2.57. The summed E-state index contributed by atoms with van der Waals surface area (Å²) in [7, 11) is 0. The van der Waals surface area contributed by atoms with E-state index in [1.807, 2.05) is 6.20 Å². The Labute approximate surface area is 109 Å². The predicted molar refractivity (Wildman–Crippen MR) is 71.8 cm³/mol. The van der Waals surface area contributed by atoms with E-state index >= 15 is 0 Å². The van der Waals surface area contributed by atoms with Gasteiger partial charge in [0.15, 0.2) is 0 Å². The molecule has 2 fully saturated rings. The largest absolute Gasteiger partial charge is 0.379 e. The van der Waals surface area contributed by atoms with Crippen LogP contribution < -0.4 is 5.32 Å². The Morgan fingerprint density at radius 1 is 1.28 bits per heavy atom. The molecule has 2 saturated heterocycles. The van der Waals surface area contributed by atoms with Gasteiger partial charge >= 0.3 is 0 Å². The molecule has 0 atom stereocenters. The van der Waals surface area contributed by atoms with E-state index in [4.69, 9.17) is 4.74 Å². The molecule has 18 heavy (non-hydrogen) atoms. The molecule has 3 heterocycles. The van der Waals surface area contributed by atoms with E-state index in [-0.39, 0.29) is 11.0 Å². The number of hydrogen-bond acceptors (Lipinski definition) is 3. The average molecular weight is 249 g/mol. The van der Waals surface area contributed by atoms with Crippen LogP contribution in [-0.2, 0) is 10.2 Å². The van der Waals surface area contributed by atoms with Gasteiger partial charge in [0.1, 0.15) is 0 Å². The van der Waals surface area contributed by atoms with Crippen LogP contribution in [0.25, 0.3) is 0 Å². The van der Waals surface area contributed by atoms with Crippen molar-refractivity contribution in [2.24, 2.45) is 0 Å². The second-order valence-electron chi connectivity index (χ2n) is 5.97. The first-order chi connectivity index (χ1) is 8.67. The number of hydrogen-bond donors (Lipinski definition) is 2. The molecule has 0 spiro atoms. The third-order valence-electron chi connectivity index (χ3n) is 4.93. The Balaban J connectivity index is 1.90. The number of ether oxygens (including phenoxy) is 1. The molecule has 0 aliphatic carbocycles. The van der Waals surface area contributed by atoms with Gasteiger partial charge in [0, 0.05) is 44.1 Å². The van der Waals surface area contributed by atoms with Gasteiger partial charge in [0.2, 0.25) is 0 Å². The summed E-state index contributed by atoms with van der Waals surface area (Å²) in [6.45, 7) is 10.8. The molecule has 0 radical (unpaired) electrons. The molecule has 2 N–H and O–H groups in total. The van der Waals surface area contributed by atoms with Crippen molar-refractivity contribution in [3.8, 4) is 0 Å². The standard InChI is InChI=1S/C14H23N3O/c1-13(2,17-7-5-15-6-8-17)14(10-18-11-14)12-3-4-16-9-12/h3-4,9,15-16H,5-8,10-11H2,1-2H3. The van der Waals surface area contributed by atoms with Crippen molar-refractivity contribution in [2.45, 2.75) is 24.8 Å². The third kappa shape index (κ3) is 1.63. The summed E-state index contributed by atoms with van der Waals surface area (Å²) >= 11 is 0. The van der Waals surface area contributed by atoms with Crippen LogP contribution in [-0.4, -0.2) is 54.8 Å². The summed E-state index contributed by atoms with van der Waals surface area (Å²) in [6.07, 6.45) is 4.15. The molecule has 0 unspecified atom stereocenters. The fraction of sp³-hybridized carbons (Fsp3) is 0.714. The third-order valence-corrected chi connectivity index (χ3v) is 4.93. The number of nitrogens with zero attached hydrogens (tertiary/aromatic N) is 1. The Bertz CT molecular complexity index is 389. The number of H-pyrrole nitrogens is 1. The molecule has 4 nitrogen and oxygen atoms in total. The first kappa shape index (κ1) is 12.2. The molecule has 1 aromatic rings. The van der Waals surface area contributed by atoms with Crippen LogP contribution in [0.2, 0.25) is 0 Å². The van der Waals surface area contributed by atoms with Crippen LogP contribution in [0, 0.1) is 0 Å². The normalized spacial score (nSPS) is 24.8. The van der Waals surface area contributed by atoms with Crippen molar-refractivity contribution in [2.75, 3.05) is 39.4 Å². The molecule has 1 aromatic heterocycles. The quantitative estimate of drug-likeness (QED) is 0.838. The number of nitrogens with one attached hydrogen (secondary N) is 2. The van der Waals surface area contributed by atoms with Crippen LogP contribution in [0.1, 0.15) is 19.4 Å². The molecule has 0 amide bonds. The van der Waals surface area contributed by atoms with Gasteiger partial charge in [-0.2, -0.15) is 0 Å². The van der Waals surface area contributed by atoms with Gasteiger partial charge in [-0.05, 0) is 25.5 Å². The van der Waals surface area contributed by atoms with Gasteiger partial charge in [-0.15, -0.1) is 0 Å². The minimum atomic E-state index is 0.134. The van der Waals surface area contributed by atoms with E-state index in [9.17, 15) is 0 Å². The molecule has 0 bridgehead atoms. The fourth-order valence-corrected chi connectivity index (χ4v) is 3.33. The van der Waals surface area contributed by atoms with E-state index in [1.54, 1.807) is 0 Å². The average Bonchev–Trinajstić information content (AvgIpc) is 2.82. The highest BCUT2D eigenvalue weighted by Gasteiger charge is 2.54. The zero-order valence-corrected chi connectivity index (χ0v) is 11.3. The molecule has 2 aliphatic rings. The summed E-state index contributed by atoms with van der Waals surface area (Å²) in [5, 5.41) is 3.43. The van der Waals surface area contributed by atoms with E-state index in [0.717, 1.165) is 39.4 Å². The van der Waals surface area contributed by atoms with Gasteiger partial charge in [-0.25, -0.2) is 0 Å². The van der Waals surface area contributed by atoms with Gasteiger partial charge < -0.3 is 15.0 Å². The summed E-state index contributed by atoms with van der Waals surface area (Å²) in [6, 6.07) is 2.20. The number of aromatic amines is 1. The molecule has 0 saturated carbocycles. The van der Waals surface area contributed by atoms with Crippen molar-refractivity contribution in [1.29, 1.82) is 0 Å². The molecular weight excluding hydrogens is 226 g/mol. The maximum absolute atomic E-state index is 5.58. The van der Waals surface area contributed by atoms with Crippen molar-refractivity contribution in [1.82, 2.24) is 15.2 Å². The predicted octanol–water partition coefficient (Wildman–Crippen LogP) is 0.966. The topological polar surface area (TPSA) is 40.3 Å². The zero-order valence-electron chi connectivity index (χ0n) is 11.3. The Kier molecular flexibility index (Phi) is 2.96. The highest BCUT2D eigenvalue weighted by molar-refractivity contribution is 5.31. The second kappa shape index (κ2) is 4.37. The fourth-order valence-electron chi connectivity index (χ4n) is 3.33. The zero-order chi connectivity index (χ0) is 12.6. The van der Waals surface area contributed by atoms with Crippen LogP contribution in [0.4, 0.5) is 0 Å². The smallest absolute Gasteiger partial charge is 0.0613 e. The summed E-state index contributed by atoms with van der Waals surface area (Å²) < 4.78 is 5.58. The second-order valence-corrected chi connectivity index (χ2v) is 5.97. The lowest BCUT2D eigenvalue weighted by molar-refractivity contribution is -0.136. The van der Waals surface area contributed by atoms with Crippen molar-refractivity contribution in [3.05, 3.63) is 24.0 Å².